The summed E-state index contributed by atoms with van der Waals surface area (Å²) in [6, 6.07) is 3.41. The van der Waals surface area contributed by atoms with E-state index in [-0.39, 0.29) is 12.2 Å². The number of hydrogen-bond donors (Lipinski definition) is 7. The van der Waals surface area contributed by atoms with E-state index in [2.05, 4.69) is 16.0 Å². The van der Waals surface area contributed by atoms with Gasteiger partial charge in [0.05, 0.1) is 6.04 Å². The minimum atomic E-state index is -1.21. The predicted molar refractivity (Wildman–Crippen MR) is 113 cm³/mol. The van der Waals surface area contributed by atoms with E-state index in [4.69, 9.17) is 16.6 Å². The van der Waals surface area contributed by atoms with Crippen LogP contribution in [0.1, 0.15) is 31.7 Å². The van der Waals surface area contributed by atoms with E-state index >= 15 is 0 Å². The summed E-state index contributed by atoms with van der Waals surface area (Å²) in [5.74, 6) is -2.89. The molecule has 0 aliphatic heterocycles. The number of nitrogens with two attached hydrogens (primary N) is 2. The molecule has 3 atom stereocenters. The second-order valence-electron chi connectivity index (χ2n) is 7.16. The molecule has 0 aromatic heterocycles. The molecule has 0 fully saturated rings. The van der Waals surface area contributed by atoms with Crippen LogP contribution in [0.25, 0.3) is 0 Å². The Labute approximate surface area is 180 Å². The van der Waals surface area contributed by atoms with Gasteiger partial charge in [-0.25, -0.2) is 0 Å². The number of aliphatic carboxylic acids is 1. The van der Waals surface area contributed by atoms with Crippen molar-refractivity contribution in [2.75, 3.05) is 13.1 Å². The molecule has 11 heteroatoms. The van der Waals surface area contributed by atoms with Crippen molar-refractivity contribution in [3.63, 3.8) is 0 Å². The van der Waals surface area contributed by atoms with Gasteiger partial charge < -0.3 is 37.6 Å². The Bertz CT molecular complexity index is 755. The van der Waals surface area contributed by atoms with E-state index in [0.717, 1.165) is 5.56 Å². The van der Waals surface area contributed by atoms with Crippen LogP contribution in [-0.2, 0) is 25.6 Å². The van der Waals surface area contributed by atoms with Gasteiger partial charge >= 0.3 is 5.97 Å². The number of phenols is 1. The summed E-state index contributed by atoms with van der Waals surface area (Å²) >= 11 is 0. The molecule has 0 radical (unpaired) electrons. The lowest BCUT2D eigenvalue weighted by Crippen LogP contribution is -2.55. The van der Waals surface area contributed by atoms with Gasteiger partial charge in [0, 0.05) is 0 Å². The van der Waals surface area contributed by atoms with Crippen LogP contribution in [0.5, 0.6) is 5.75 Å². The Hall–Kier alpha value is -3.18. The van der Waals surface area contributed by atoms with Crippen LogP contribution in [0.15, 0.2) is 24.3 Å². The average molecular weight is 437 g/mol. The Morgan fingerprint density at radius 3 is 2.23 bits per heavy atom. The van der Waals surface area contributed by atoms with E-state index < -0.39 is 48.4 Å². The third kappa shape index (κ3) is 9.92. The summed E-state index contributed by atoms with van der Waals surface area (Å²) < 4.78 is 0. The summed E-state index contributed by atoms with van der Waals surface area (Å²) in [6.45, 7) is 1.27. The molecule has 0 bridgehead atoms. The van der Waals surface area contributed by atoms with Gasteiger partial charge in [-0.1, -0.05) is 12.1 Å². The number of amides is 3. The fourth-order valence-corrected chi connectivity index (χ4v) is 2.71. The van der Waals surface area contributed by atoms with Crippen molar-refractivity contribution >= 4 is 23.7 Å². The fourth-order valence-electron chi connectivity index (χ4n) is 2.71. The predicted octanol–water partition coefficient (Wildman–Crippen LogP) is -1.42. The lowest BCUT2D eigenvalue weighted by molar-refractivity contribution is -0.138. The largest absolute Gasteiger partial charge is 0.508 e. The number of nitrogens with one attached hydrogen (secondary N) is 3. The summed E-state index contributed by atoms with van der Waals surface area (Å²) in [4.78, 5) is 47.6. The summed E-state index contributed by atoms with van der Waals surface area (Å²) in [6.07, 6.45) is 1.72. The Kier molecular flexibility index (Phi) is 11.0. The second-order valence-corrected chi connectivity index (χ2v) is 7.16. The van der Waals surface area contributed by atoms with Crippen molar-refractivity contribution in [2.45, 2.75) is 50.7 Å². The molecule has 0 saturated heterocycles. The van der Waals surface area contributed by atoms with E-state index in [1.807, 2.05) is 0 Å². The third-order valence-corrected chi connectivity index (χ3v) is 4.47. The molecule has 11 nitrogen and oxygen atoms in total. The topological polar surface area (TPSA) is 197 Å². The number of phenolic OH excluding ortho intramolecular Hbond substituents is 1. The first kappa shape index (κ1) is 25.9. The minimum absolute atomic E-state index is 0.0972. The van der Waals surface area contributed by atoms with Gasteiger partial charge in [-0.05, 0) is 56.8 Å². The van der Waals surface area contributed by atoms with Crippen LogP contribution in [0, 0.1) is 0 Å². The number of carboxylic acid groups (broad SMARTS) is 1. The smallest absolute Gasteiger partial charge is 0.322 e. The molecule has 31 heavy (non-hydrogen) atoms. The molecule has 172 valence electrons. The number of carbonyl (C=O) groups is 4. The highest BCUT2D eigenvalue weighted by Gasteiger charge is 2.26. The average Bonchev–Trinajstić information content (AvgIpc) is 2.72. The maximum atomic E-state index is 12.6. The van der Waals surface area contributed by atoms with Crippen LogP contribution in [0.4, 0.5) is 0 Å². The molecule has 0 saturated carbocycles. The maximum Gasteiger partial charge on any atom is 0.322 e. The second kappa shape index (κ2) is 13.2. The SMILES string of the molecule is C[C@H](NC(=O)[C@H](CCCCN)NC(=O)[C@@H](N)Cc1ccc(O)cc1)C(=O)NCC(=O)O. The molecule has 9 N–H and O–H groups in total. The van der Waals surface area contributed by atoms with Crippen LogP contribution in [0.3, 0.4) is 0 Å². The van der Waals surface area contributed by atoms with Gasteiger partial charge in [-0.3, -0.25) is 19.2 Å². The van der Waals surface area contributed by atoms with Gasteiger partial charge in [0.1, 0.15) is 24.4 Å². The van der Waals surface area contributed by atoms with Crippen LogP contribution < -0.4 is 27.4 Å². The molecule has 0 heterocycles. The van der Waals surface area contributed by atoms with E-state index in [1.165, 1.54) is 19.1 Å². The van der Waals surface area contributed by atoms with Crippen molar-refractivity contribution in [3.05, 3.63) is 29.8 Å². The van der Waals surface area contributed by atoms with E-state index in [0.29, 0.717) is 25.8 Å². The van der Waals surface area contributed by atoms with Crippen molar-refractivity contribution in [3.8, 4) is 5.75 Å². The van der Waals surface area contributed by atoms with Crippen LogP contribution in [-0.4, -0.2) is 65.1 Å². The number of unbranched alkanes of at least 4 members (excludes halogenated alkanes) is 1. The first-order valence-electron chi connectivity index (χ1n) is 9.97. The Balaban J connectivity index is 2.71. The normalized spacial score (nSPS) is 13.5. The number of hydrogen-bond acceptors (Lipinski definition) is 7. The zero-order chi connectivity index (χ0) is 23.4. The van der Waals surface area contributed by atoms with Gasteiger partial charge in [-0.15, -0.1) is 0 Å². The third-order valence-electron chi connectivity index (χ3n) is 4.47. The minimum Gasteiger partial charge on any atom is -0.508 e. The molecule has 0 aliphatic rings. The number of benzene rings is 1. The molecule has 1 aromatic carbocycles. The summed E-state index contributed by atoms with van der Waals surface area (Å²) in [7, 11) is 0. The van der Waals surface area contributed by atoms with E-state index in [9.17, 15) is 24.3 Å². The number of rotatable bonds is 13. The Morgan fingerprint density at radius 2 is 1.65 bits per heavy atom. The molecule has 1 rings (SSSR count). The van der Waals surface area contributed by atoms with Gasteiger partial charge in [0.15, 0.2) is 0 Å². The first-order chi connectivity index (χ1) is 14.6. The van der Waals surface area contributed by atoms with Gasteiger partial charge in [0.2, 0.25) is 17.7 Å². The highest BCUT2D eigenvalue weighted by Crippen LogP contribution is 2.11. The quantitative estimate of drug-likeness (QED) is 0.182. The zero-order valence-electron chi connectivity index (χ0n) is 17.5. The summed E-state index contributed by atoms with van der Waals surface area (Å²) in [5.41, 5.74) is 12.2. The highest BCUT2D eigenvalue weighted by atomic mass is 16.4. The molecule has 0 aliphatic carbocycles. The number of aromatic hydroxyl groups is 1. The van der Waals surface area contributed by atoms with Crippen molar-refractivity contribution in [2.24, 2.45) is 11.5 Å². The van der Waals surface area contributed by atoms with Crippen LogP contribution >= 0.6 is 0 Å². The van der Waals surface area contributed by atoms with E-state index in [1.54, 1.807) is 12.1 Å². The van der Waals surface area contributed by atoms with Crippen molar-refractivity contribution in [1.82, 2.24) is 16.0 Å². The molecule has 3 amide bonds. The van der Waals surface area contributed by atoms with Crippen molar-refractivity contribution in [1.29, 1.82) is 0 Å². The maximum absolute atomic E-state index is 12.6. The molecular weight excluding hydrogens is 406 g/mol. The first-order valence-corrected chi connectivity index (χ1v) is 9.97. The lowest BCUT2D eigenvalue weighted by Gasteiger charge is -2.22. The number of carboxylic acids is 1. The molecular formula is C20H31N5O6. The number of carbonyl (C=O) groups excluding carboxylic acids is 3. The molecule has 0 unspecified atom stereocenters. The standard InChI is InChI=1S/C20H31N5O6/c1-12(18(29)23-11-17(27)28)24-20(31)16(4-2-3-9-21)25-19(30)15(22)10-13-5-7-14(26)8-6-13/h5-8,12,15-16,26H,2-4,9-11,21-22H2,1H3,(H,23,29)(H,24,31)(H,25,30)(H,27,28)/t12-,15-,16-/m0/s1. The highest BCUT2D eigenvalue weighted by molar-refractivity contribution is 5.93. The van der Waals surface area contributed by atoms with Crippen molar-refractivity contribution < 1.29 is 29.4 Å². The summed E-state index contributed by atoms with van der Waals surface area (Å²) in [5, 5.41) is 25.2. The monoisotopic (exact) mass is 437 g/mol. The Morgan fingerprint density at radius 1 is 1.00 bits per heavy atom. The van der Waals surface area contributed by atoms with Gasteiger partial charge in [0.25, 0.3) is 0 Å². The van der Waals surface area contributed by atoms with Gasteiger partial charge in [-0.2, -0.15) is 0 Å². The molecule has 1 aromatic rings. The zero-order valence-corrected chi connectivity index (χ0v) is 17.5. The molecule has 0 spiro atoms. The lowest BCUT2D eigenvalue weighted by atomic mass is 10.0. The fraction of sp³-hybridized carbons (Fsp3) is 0.500. The van der Waals surface area contributed by atoms with Crippen LogP contribution in [0.2, 0.25) is 0 Å².